The highest BCUT2D eigenvalue weighted by Crippen LogP contribution is 2.51. The zero-order valence-corrected chi connectivity index (χ0v) is 18.5. The van der Waals surface area contributed by atoms with E-state index in [1.54, 1.807) is 0 Å². The quantitative estimate of drug-likeness (QED) is 0.708. The van der Waals surface area contributed by atoms with Gasteiger partial charge in [0.05, 0.1) is 17.7 Å². The van der Waals surface area contributed by atoms with Crippen LogP contribution in [0.4, 0.5) is 0 Å². The van der Waals surface area contributed by atoms with Crippen LogP contribution in [0, 0.1) is 5.41 Å². The lowest BCUT2D eigenvalue weighted by Crippen LogP contribution is -2.48. The first kappa shape index (κ1) is 21.8. The number of pyridine rings is 1. The van der Waals surface area contributed by atoms with Crippen molar-refractivity contribution in [2.75, 3.05) is 27.2 Å². The van der Waals surface area contributed by atoms with E-state index in [4.69, 9.17) is 4.74 Å². The van der Waals surface area contributed by atoms with E-state index in [1.807, 2.05) is 37.9 Å². The van der Waals surface area contributed by atoms with Crippen molar-refractivity contribution in [3.05, 3.63) is 30.1 Å². The molecule has 6 heteroatoms. The molecule has 2 heterocycles. The predicted molar refractivity (Wildman–Crippen MR) is 112 cm³/mol. The van der Waals surface area contributed by atoms with Crippen LogP contribution in [0.3, 0.4) is 0 Å². The molecule has 1 saturated carbocycles. The summed E-state index contributed by atoms with van der Waals surface area (Å²) in [5.74, 6) is -0.0691. The second kappa shape index (κ2) is 8.05. The van der Waals surface area contributed by atoms with Gasteiger partial charge in [0.2, 0.25) is 5.91 Å². The van der Waals surface area contributed by atoms with Gasteiger partial charge in [-0.2, -0.15) is 0 Å². The molecule has 0 N–H and O–H groups in total. The third kappa shape index (κ3) is 4.80. The highest BCUT2D eigenvalue weighted by Gasteiger charge is 2.50. The summed E-state index contributed by atoms with van der Waals surface area (Å²) < 4.78 is 5.38. The number of hydrogen-bond acceptors (Lipinski definition) is 5. The molecular formula is C23H35N3O3. The van der Waals surface area contributed by atoms with Gasteiger partial charge in [0.1, 0.15) is 5.60 Å². The van der Waals surface area contributed by atoms with Crippen LogP contribution in [0.1, 0.15) is 65.0 Å². The van der Waals surface area contributed by atoms with Gasteiger partial charge in [0.15, 0.2) is 0 Å². The lowest BCUT2D eigenvalue weighted by atomic mass is 9.65. The van der Waals surface area contributed by atoms with E-state index in [-0.39, 0.29) is 29.3 Å². The van der Waals surface area contributed by atoms with E-state index < -0.39 is 5.60 Å². The molecule has 1 saturated heterocycles. The fourth-order valence-corrected chi connectivity index (χ4v) is 4.90. The molecule has 6 nitrogen and oxygen atoms in total. The molecule has 29 heavy (non-hydrogen) atoms. The van der Waals surface area contributed by atoms with Crippen LogP contribution in [0.25, 0.3) is 0 Å². The van der Waals surface area contributed by atoms with E-state index in [0.29, 0.717) is 13.0 Å². The molecule has 1 amide bonds. The van der Waals surface area contributed by atoms with Gasteiger partial charge in [-0.3, -0.25) is 19.5 Å². The van der Waals surface area contributed by atoms with Gasteiger partial charge in [-0.15, -0.1) is 0 Å². The van der Waals surface area contributed by atoms with Gasteiger partial charge in [-0.05, 0) is 78.1 Å². The fraction of sp³-hybridized carbons (Fsp3) is 0.696. The number of esters is 1. The monoisotopic (exact) mass is 401 g/mol. The zero-order valence-electron chi connectivity index (χ0n) is 18.5. The van der Waals surface area contributed by atoms with Gasteiger partial charge in [-0.1, -0.05) is 6.07 Å². The Morgan fingerprint density at radius 3 is 2.45 bits per heavy atom. The summed E-state index contributed by atoms with van der Waals surface area (Å²) in [7, 11) is 4.25. The Balaban J connectivity index is 1.62. The molecule has 0 unspecified atom stereocenters. The first-order chi connectivity index (χ1) is 13.6. The van der Waals surface area contributed by atoms with Crippen LogP contribution in [-0.2, 0) is 19.9 Å². The van der Waals surface area contributed by atoms with Crippen LogP contribution in [-0.4, -0.2) is 59.4 Å². The lowest BCUT2D eigenvalue weighted by molar-refractivity contribution is -0.155. The summed E-state index contributed by atoms with van der Waals surface area (Å²) in [6.45, 7) is 6.79. The maximum Gasteiger partial charge on any atom is 0.308 e. The minimum Gasteiger partial charge on any atom is -0.460 e. The van der Waals surface area contributed by atoms with Crippen LogP contribution in [0.2, 0.25) is 0 Å². The van der Waals surface area contributed by atoms with Gasteiger partial charge < -0.3 is 9.64 Å². The smallest absolute Gasteiger partial charge is 0.308 e. The zero-order chi connectivity index (χ0) is 21.3. The molecule has 1 aromatic heterocycles. The van der Waals surface area contributed by atoms with Crippen molar-refractivity contribution in [2.45, 2.75) is 70.4 Å². The number of nitrogens with zero attached hydrogens (tertiary/aromatic N) is 3. The summed E-state index contributed by atoms with van der Waals surface area (Å²) in [5.41, 5.74) is 0.585. The molecule has 1 spiro atoms. The van der Waals surface area contributed by atoms with Crippen LogP contribution in [0.15, 0.2) is 24.4 Å². The third-order valence-corrected chi connectivity index (χ3v) is 6.55. The first-order valence-corrected chi connectivity index (χ1v) is 10.6. The molecular weight excluding hydrogens is 366 g/mol. The molecule has 3 rings (SSSR count). The lowest BCUT2D eigenvalue weighted by Gasteiger charge is -2.48. The SMILES string of the molecule is CN(C)[C@]1(c2ccccn2)CC[C@]2(CC1)CC(=O)N(CCC(=O)OC(C)(C)C)C2. The molecule has 0 bridgehead atoms. The van der Waals surface area contributed by atoms with E-state index in [2.05, 4.69) is 36.1 Å². The molecule has 1 aromatic rings. The number of carbonyl (C=O) groups is 2. The highest BCUT2D eigenvalue weighted by molar-refractivity contribution is 5.80. The minimum absolute atomic E-state index is 0.0271. The predicted octanol–water partition coefficient (Wildman–Crippen LogP) is 3.36. The molecule has 2 aliphatic rings. The Hall–Kier alpha value is -1.95. The van der Waals surface area contributed by atoms with Crippen LogP contribution < -0.4 is 0 Å². The molecule has 0 radical (unpaired) electrons. The number of amides is 1. The van der Waals surface area contributed by atoms with Crippen molar-refractivity contribution in [1.82, 2.24) is 14.8 Å². The Kier molecular flexibility index (Phi) is 6.04. The normalized spacial score (nSPS) is 27.7. The topological polar surface area (TPSA) is 62.7 Å². The molecule has 0 atom stereocenters. The average Bonchev–Trinajstić information content (AvgIpc) is 2.95. The maximum atomic E-state index is 12.7. The summed E-state index contributed by atoms with van der Waals surface area (Å²) in [5, 5.41) is 0. The van der Waals surface area contributed by atoms with Crippen LogP contribution >= 0.6 is 0 Å². The van der Waals surface area contributed by atoms with Crippen molar-refractivity contribution in [3.8, 4) is 0 Å². The summed E-state index contributed by atoms with van der Waals surface area (Å²) in [4.78, 5) is 33.5. The second-order valence-electron chi connectivity index (χ2n) is 9.97. The molecule has 1 aliphatic heterocycles. The standard InChI is InChI=1S/C23H35N3O3/c1-21(2,3)29-20(28)9-15-26-17-22(16-19(26)27)10-12-23(13-11-22,25(4)5)18-8-6-7-14-24-18/h6-8,14H,9-13,15-17H2,1-5H3/t22-,23+. The van der Waals surface area contributed by atoms with E-state index in [1.165, 1.54) is 0 Å². The average molecular weight is 402 g/mol. The van der Waals surface area contributed by atoms with Crippen molar-refractivity contribution in [1.29, 1.82) is 0 Å². The van der Waals surface area contributed by atoms with Crippen molar-refractivity contribution in [3.63, 3.8) is 0 Å². The number of hydrogen-bond donors (Lipinski definition) is 0. The van der Waals surface area contributed by atoms with E-state index in [0.717, 1.165) is 37.9 Å². The number of rotatable bonds is 5. The van der Waals surface area contributed by atoms with Crippen LogP contribution in [0.5, 0.6) is 0 Å². The molecule has 160 valence electrons. The Labute approximate surface area is 174 Å². The van der Waals surface area contributed by atoms with Crippen molar-refractivity contribution >= 4 is 11.9 Å². The molecule has 0 aromatic carbocycles. The van der Waals surface area contributed by atoms with Crippen molar-refractivity contribution in [2.24, 2.45) is 5.41 Å². The third-order valence-electron chi connectivity index (χ3n) is 6.55. The number of likely N-dealkylation sites (tertiary alicyclic amines) is 1. The van der Waals surface area contributed by atoms with Gasteiger partial charge in [-0.25, -0.2) is 0 Å². The largest absolute Gasteiger partial charge is 0.460 e. The molecule has 2 fully saturated rings. The Morgan fingerprint density at radius 2 is 1.90 bits per heavy atom. The number of ether oxygens (including phenoxy) is 1. The van der Waals surface area contributed by atoms with Crippen molar-refractivity contribution < 1.29 is 14.3 Å². The second-order valence-corrected chi connectivity index (χ2v) is 9.97. The number of carbonyl (C=O) groups excluding carboxylic acids is 2. The first-order valence-electron chi connectivity index (χ1n) is 10.6. The van der Waals surface area contributed by atoms with Gasteiger partial charge >= 0.3 is 5.97 Å². The highest BCUT2D eigenvalue weighted by atomic mass is 16.6. The summed E-state index contributed by atoms with van der Waals surface area (Å²) in [6, 6.07) is 6.12. The number of aromatic nitrogens is 1. The minimum atomic E-state index is -0.488. The van der Waals surface area contributed by atoms with Gasteiger partial charge in [0, 0.05) is 25.7 Å². The van der Waals surface area contributed by atoms with E-state index >= 15 is 0 Å². The Bertz CT molecular complexity index is 731. The summed E-state index contributed by atoms with van der Waals surface area (Å²) in [6.07, 6.45) is 6.69. The molecule has 1 aliphatic carbocycles. The fourth-order valence-electron chi connectivity index (χ4n) is 4.90. The summed E-state index contributed by atoms with van der Waals surface area (Å²) >= 11 is 0. The Morgan fingerprint density at radius 1 is 1.21 bits per heavy atom. The van der Waals surface area contributed by atoms with E-state index in [9.17, 15) is 9.59 Å². The maximum absolute atomic E-state index is 12.7. The van der Waals surface area contributed by atoms with Gasteiger partial charge in [0.25, 0.3) is 0 Å².